The first-order valence-electron chi connectivity index (χ1n) is 7.34. The van der Waals surface area contributed by atoms with Crippen molar-refractivity contribution < 1.29 is 4.79 Å². The van der Waals surface area contributed by atoms with E-state index in [2.05, 4.69) is 26.2 Å². The third kappa shape index (κ3) is 3.04. The van der Waals surface area contributed by atoms with E-state index in [1.54, 1.807) is 22.6 Å². The summed E-state index contributed by atoms with van der Waals surface area (Å²) in [5.41, 5.74) is 3.41. The van der Waals surface area contributed by atoms with Crippen molar-refractivity contribution >= 4 is 56.4 Å². The number of aromatic nitrogens is 2. The van der Waals surface area contributed by atoms with Crippen LogP contribution in [0, 0.1) is 6.92 Å². The molecule has 3 aromatic rings. The fraction of sp³-hybridized carbons (Fsp3) is 0.176. The number of nitrogens with one attached hydrogen (secondary N) is 1. The second kappa shape index (κ2) is 6.75. The maximum Gasteiger partial charge on any atom is 0.274 e. The maximum atomic E-state index is 12.9. The lowest BCUT2D eigenvalue weighted by Crippen LogP contribution is -2.16. The van der Waals surface area contributed by atoms with E-state index >= 15 is 0 Å². The zero-order valence-electron chi connectivity index (χ0n) is 13.0. The van der Waals surface area contributed by atoms with E-state index in [4.69, 9.17) is 23.2 Å². The molecule has 0 atom stereocenters. The van der Waals surface area contributed by atoms with Crippen LogP contribution in [0.5, 0.6) is 0 Å². The Morgan fingerprint density at radius 1 is 1.38 bits per heavy atom. The molecule has 1 amide bonds. The van der Waals surface area contributed by atoms with Crippen LogP contribution in [0.1, 0.15) is 28.7 Å². The Bertz CT molecular complexity index is 953. The smallest absolute Gasteiger partial charge is 0.274 e. The molecule has 0 fully saturated rings. The van der Waals surface area contributed by atoms with Gasteiger partial charge in [0.25, 0.3) is 5.91 Å². The maximum absolute atomic E-state index is 12.9. The number of carbonyl (C=O) groups is 1. The van der Waals surface area contributed by atoms with Gasteiger partial charge in [-0.15, -0.1) is 0 Å². The number of imidazole rings is 1. The first-order valence-corrected chi connectivity index (χ1v) is 8.89. The number of hydrogen-bond donors (Lipinski definition) is 1. The van der Waals surface area contributed by atoms with E-state index in [1.807, 2.05) is 26.1 Å². The lowest BCUT2D eigenvalue weighted by molar-refractivity contribution is 0.102. The Balaban J connectivity index is 2.11. The van der Waals surface area contributed by atoms with Gasteiger partial charge in [-0.25, -0.2) is 4.98 Å². The van der Waals surface area contributed by atoms with Crippen LogP contribution in [0.4, 0.5) is 5.69 Å². The number of carbonyl (C=O) groups excluding carboxylic acids is 1. The van der Waals surface area contributed by atoms with Crippen molar-refractivity contribution in [2.24, 2.45) is 0 Å². The van der Waals surface area contributed by atoms with E-state index in [0.717, 1.165) is 15.7 Å². The summed E-state index contributed by atoms with van der Waals surface area (Å²) in [5.74, 6) is -0.277. The quantitative estimate of drug-likeness (QED) is 0.598. The highest BCUT2D eigenvalue weighted by atomic mass is 79.9. The summed E-state index contributed by atoms with van der Waals surface area (Å²) in [6.45, 7) is 3.93. The molecule has 0 saturated heterocycles. The molecule has 1 aromatic carbocycles. The average Bonchev–Trinajstić information content (AvgIpc) is 2.90. The molecule has 2 heterocycles. The summed E-state index contributed by atoms with van der Waals surface area (Å²) in [7, 11) is 0. The average molecular weight is 427 g/mol. The fourth-order valence-corrected chi connectivity index (χ4v) is 3.54. The number of amides is 1. The molecule has 0 radical (unpaired) electrons. The van der Waals surface area contributed by atoms with E-state index in [9.17, 15) is 4.79 Å². The molecule has 124 valence electrons. The SMILES string of the molecule is CCc1nc2c(Br)cc(C)cn2c1C(=O)Nc1cccc(Cl)c1Cl. The van der Waals surface area contributed by atoms with Gasteiger partial charge in [-0.05, 0) is 53.0 Å². The highest BCUT2D eigenvalue weighted by molar-refractivity contribution is 9.10. The van der Waals surface area contributed by atoms with Crippen molar-refractivity contribution in [2.75, 3.05) is 5.32 Å². The van der Waals surface area contributed by atoms with E-state index < -0.39 is 0 Å². The minimum absolute atomic E-state index is 0.277. The van der Waals surface area contributed by atoms with E-state index in [1.165, 1.54) is 0 Å². The summed E-state index contributed by atoms with van der Waals surface area (Å²) in [6, 6.07) is 7.09. The van der Waals surface area contributed by atoms with Crippen molar-refractivity contribution in [3.63, 3.8) is 0 Å². The molecule has 0 aliphatic rings. The number of fused-ring (bicyclic) bond motifs is 1. The number of nitrogens with zero attached hydrogens (tertiary/aromatic N) is 2. The molecule has 0 aliphatic heterocycles. The number of anilines is 1. The summed E-state index contributed by atoms with van der Waals surface area (Å²) in [4.78, 5) is 17.4. The zero-order chi connectivity index (χ0) is 17.4. The molecule has 4 nitrogen and oxygen atoms in total. The zero-order valence-corrected chi connectivity index (χ0v) is 16.1. The summed E-state index contributed by atoms with van der Waals surface area (Å²) < 4.78 is 2.64. The van der Waals surface area contributed by atoms with Gasteiger partial charge < -0.3 is 5.32 Å². The molecule has 0 aliphatic carbocycles. The molecular formula is C17H14BrCl2N3O. The minimum atomic E-state index is -0.277. The van der Waals surface area contributed by atoms with Gasteiger partial charge >= 0.3 is 0 Å². The predicted molar refractivity (Wildman–Crippen MR) is 101 cm³/mol. The fourth-order valence-electron chi connectivity index (χ4n) is 2.55. The second-order valence-electron chi connectivity index (χ2n) is 5.38. The van der Waals surface area contributed by atoms with Crippen molar-refractivity contribution in [3.8, 4) is 0 Å². The number of hydrogen-bond acceptors (Lipinski definition) is 2. The number of aryl methyl sites for hydroxylation is 2. The van der Waals surface area contributed by atoms with E-state index in [0.29, 0.717) is 33.5 Å². The van der Waals surface area contributed by atoms with Crippen molar-refractivity contribution in [2.45, 2.75) is 20.3 Å². The Morgan fingerprint density at radius 3 is 2.83 bits per heavy atom. The number of rotatable bonds is 3. The molecule has 24 heavy (non-hydrogen) atoms. The molecular weight excluding hydrogens is 413 g/mol. The Morgan fingerprint density at radius 2 is 2.12 bits per heavy atom. The van der Waals surface area contributed by atoms with Crippen LogP contribution >= 0.6 is 39.1 Å². The van der Waals surface area contributed by atoms with Gasteiger partial charge in [0.2, 0.25) is 0 Å². The van der Waals surface area contributed by atoms with Crippen LogP contribution in [0.25, 0.3) is 5.65 Å². The topological polar surface area (TPSA) is 46.4 Å². The lowest BCUT2D eigenvalue weighted by atomic mass is 10.2. The largest absolute Gasteiger partial charge is 0.319 e. The molecule has 0 spiro atoms. The van der Waals surface area contributed by atoms with Crippen molar-refractivity contribution in [1.82, 2.24) is 9.38 Å². The van der Waals surface area contributed by atoms with Gasteiger partial charge in [-0.1, -0.05) is 36.2 Å². The predicted octanol–water partition coefficient (Wildman–Crippen LogP) is 5.53. The molecule has 2 aromatic heterocycles. The normalized spacial score (nSPS) is 11.0. The molecule has 0 unspecified atom stereocenters. The van der Waals surface area contributed by atoms with Crippen LogP contribution < -0.4 is 5.32 Å². The van der Waals surface area contributed by atoms with Crippen molar-refractivity contribution in [1.29, 1.82) is 0 Å². The Labute approximate surface area is 157 Å². The standard InChI is InChI=1S/C17H14BrCl2N3O/c1-3-12-15(23-8-9(2)7-10(18)16(23)21-12)17(24)22-13-6-4-5-11(19)14(13)20/h4-8H,3H2,1-2H3,(H,22,24). The summed E-state index contributed by atoms with van der Waals surface area (Å²) >= 11 is 15.7. The van der Waals surface area contributed by atoms with Gasteiger partial charge in [-0.2, -0.15) is 0 Å². The second-order valence-corrected chi connectivity index (χ2v) is 7.01. The number of pyridine rings is 1. The summed E-state index contributed by atoms with van der Waals surface area (Å²) in [5, 5.41) is 3.53. The molecule has 1 N–H and O–H groups in total. The lowest BCUT2D eigenvalue weighted by Gasteiger charge is -2.09. The molecule has 3 rings (SSSR count). The van der Waals surface area contributed by atoms with Gasteiger partial charge in [-0.3, -0.25) is 9.20 Å². The van der Waals surface area contributed by atoms with Crippen molar-refractivity contribution in [3.05, 3.63) is 61.9 Å². The van der Waals surface area contributed by atoms with Crippen LogP contribution in [0.2, 0.25) is 10.0 Å². The van der Waals surface area contributed by atoms with Gasteiger partial charge in [0, 0.05) is 6.20 Å². The third-order valence-electron chi connectivity index (χ3n) is 3.63. The Hall–Kier alpha value is -1.56. The minimum Gasteiger partial charge on any atom is -0.319 e. The summed E-state index contributed by atoms with van der Waals surface area (Å²) in [6.07, 6.45) is 2.53. The van der Waals surface area contributed by atoms with Gasteiger partial charge in [0.1, 0.15) is 5.69 Å². The van der Waals surface area contributed by atoms with Gasteiger partial charge in [0.05, 0.1) is 25.9 Å². The first kappa shape index (κ1) is 17.3. The van der Waals surface area contributed by atoms with Crippen LogP contribution in [-0.2, 0) is 6.42 Å². The highest BCUT2D eigenvalue weighted by Crippen LogP contribution is 2.30. The molecule has 0 saturated carbocycles. The first-order chi connectivity index (χ1) is 11.4. The third-order valence-corrected chi connectivity index (χ3v) is 5.04. The van der Waals surface area contributed by atoms with Crippen LogP contribution in [0.3, 0.4) is 0 Å². The molecule has 0 bridgehead atoms. The molecule has 7 heteroatoms. The number of benzene rings is 1. The number of halogens is 3. The highest BCUT2D eigenvalue weighted by Gasteiger charge is 2.21. The monoisotopic (exact) mass is 425 g/mol. The van der Waals surface area contributed by atoms with E-state index in [-0.39, 0.29) is 5.91 Å². The van der Waals surface area contributed by atoms with Crippen LogP contribution in [-0.4, -0.2) is 15.3 Å². The van der Waals surface area contributed by atoms with Crippen LogP contribution in [0.15, 0.2) is 34.9 Å². The Kier molecular flexibility index (Phi) is 4.85. The van der Waals surface area contributed by atoms with Gasteiger partial charge in [0.15, 0.2) is 5.65 Å².